The number of aromatic nitrogens is 1. The van der Waals surface area contributed by atoms with Gasteiger partial charge in [0.05, 0.1) is 11.7 Å². The van der Waals surface area contributed by atoms with Crippen molar-refractivity contribution in [3.63, 3.8) is 0 Å². The molecule has 0 radical (unpaired) electrons. The van der Waals surface area contributed by atoms with Crippen molar-refractivity contribution in [1.82, 2.24) is 15.0 Å². The molecule has 2 saturated heterocycles. The van der Waals surface area contributed by atoms with Crippen LogP contribution < -0.4 is 4.90 Å². The predicted octanol–water partition coefficient (Wildman–Crippen LogP) is 3.36. The van der Waals surface area contributed by atoms with Crippen molar-refractivity contribution in [2.24, 2.45) is 0 Å². The Morgan fingerprint density at radius 3 is 2.57 bits per heavy atom. The lowest BCUT2D eigenvalue weighted by molar-refractivity contribution is -0.137. The summed E-state index contributed by atoms with van der Waals surface area (Å²) in [5, 5.41) is 3.81. The molecule has 0 spiro atoms. The van der Waals surface area contributed by atoms with E-state index in [-0.39, 0.29) is 36.6 Å². The fourth-order valence-corrected chi connectivity index (χ4v) is 4.42. The molecule has 2 aliphatic rings. The summed E-state index contributed by atoms with van der Waals surface area (Å²) in [5.74, 6) is 0.120. The lowest BCUT2D eigenvalue weighted by Crippen LogP contribution is -2.49. The molecule has 11 heteroatoms. The van der Waals surface area contributed by atoms with Crippen molar-refractivity contribution in [3.8, 4) is 0 Å². The third-order valence-electron chi connectivity index (χ3n) is 6.35. The number of carbonyl (C=O) groups is 2. The molecule has 35 heavy (non-hydrogen) atoms. The molecule has 1 unspecified atom stereocenters. The number of alkyl halides is 3. The minimum Gasteiger partial charge on any atom is -0.376 e. The van der Waals surface area contributed by atoms with E-state index >= 15 is 0 Å². The van der Waals surface area contributed by atoms with E-state index in [1.54, 1.807) is 28.9 Å². The van der Waals surface area contributed by atoms with Gasteiger partial charge in [-0.15, -0.1) is 0 Å². The first-order valence-electron chi connectivity index (χ1n) is 11.7. The van der Waals surface area contributed by atoms with Crippen LogP contribution in [-0.4, -0.2) is 78.8 Å². The van der Waals surface area contributed by atoms with Gasteiger partial charge in [0.2, 0.25) is 5.91 Å². The molecule has 4 rings (SSSR count). The van der Waals surface area contributed by atoms with E-state index in [0.29, 0.717) is 50.8 Å². The summed E-state index contributed by atoms with van der Waals surface area (Å²) < 4.78 is 49.8. The van der Waals surface area contributed by atoms with Crippen LogP contribution in [0, 0.1) is 6.92 Å². The van der Waals surface area contributed by atoms with Gasteiger partial charge < -0.3 is 24.0 Å². The molecule has 2 aromatic rings. The standard InChI is InChI=1S/C24H29F3N4O4/c1-17-14-21(28-35-17)23(33)31(16-20-6-3-13-34-20)8-7-22(32)30-11-9-29(10-12-30)19-5-2-4-18(15-19)24(25,26)27/h2,4-5,14-15,20H,3,6-13,16H2,1H3. The predicted molar refractivity (Wildman–Crippen MR) is 121 cm³/mol. The Balaban J connectivity index is 1.32. The van der Waals surface area contributed by atoms with E-state index in [2.05, 4.69) is 5.16 Å². The molecule has 8 nitrogen and oxygen atoms in total. The van der Waals surface area contributed by atoms with Crippen LogP contribution in [0.3, 0.4) is 0 Å². The highest BCUT2D eigenvalue weighted by Crippen LogP contribution is 2.32. The molecule has 1 aromatic heterocycles. The van der Waals surface area contributed by atoms with Crippen LogP contribution in [-0.2, 0) is 15.7 Å². The van der Waals surface area contributed by atoms with E-state index in [1.165, 1.54) is 6.07 Å². The van der Waals surface area contributed by atoms with Gasteiger partial charge in [0.15, 0.2) is 5.69 Å². The Hall–Kier alpha value is -3.08. The van der Waals surface area contributed by atoms with E-state index in [0.717, 1.165) is 25.0 Å². The molecule has 1 aromatic carbocycles. The molecule has 2 fully saturated rings. The van der Waals surface area contributed by atoms with Crippen LogP contribution in [0.4, 0.5) is 18.9 Å². The van der Waals surface area contributed by atoms with Crippen molar-refractivity contribution >= 4 is 17.5 Å². The first-order chi connectivity index (χ1) is 16.7. The largest absolute Gasteiger partial charge is 0.416 e. The van der Waals surface area contributed by atoms with Crippen molar-refractivity contribution in [1.29, 1.82) is 0 Å². The number of aryl methyl sites for hydroxylation is 1. The maximum absolute atomic E-state index is 13.0. The number of ether oxygens (including phenoxy) is 1. The van der Waals surface area contributed by atoms with Crippen LogP contribution >= 0.6 is 0 Å². The summed E-state index contributed by atoms with van der Waals surface area (Å²) in [6.07, 6.45) is -2.54. The Bertz CT molecular complexity index is 1030. The number of halogens is 3. The second-order valence-electron chi connectivity index (χ2n) is 8.87. The molecule has 0 N–H and O–H groups in total. The molecule has 2 aliphatic heterocycles. The number of piperazine rings is 1. The summed E-state index contributed by atoms with van der Waals surface area (Å²) in [6, 6.07) is 6.79. The molecule has 0 saturated carbocycles. The quantitative estimate of drug-likeness (QED) is 0.588. The molecule has 0 aliphatic carbocycles. The molecule has 0 bridgehead atoms. The second-order valence-corrected chi connectivity index (χ2v) is 8.87. The topological polar surface area (TPSA) is 79.1 Å². The minimum absolute atomic E-state index is 0.0712. The molecule has 1 atom stereocenters. The first kappa shape index (κ1) is 25.0. The van der Waals surface area contributed by atoms with Gasteiger partial charge in [-0.2, -0.15) is 13.2 Å². The minimum atomic E-state index is -4.40. The fraction of sp³-hybridized carbons (Fsp3) is 0.542. The number of anilines is 1. The zero-order chi connectivity index (χ0) is 25.0. The summed E-state index contributed by atoms with van der Waals surface area (Å²) >= 11 is 0. The zero-order valence-corrected chi connectivity index (χ0v) is 19.6. The number of carbonyl (C=O) groups excluding carboxylic acids is 2. The lowest BCUT2D eigenvalue weighted by Gasteiger charge is -2.36. The monoisotopic (exact) mass is 494 g/mol. The Labute approximate surface area is 201 Å². The summed E-state index contributed by atoms with van der Waals surface area (Å²) in [5.41, 5.74) is -0.00220. The maximum atomic E-state index is 13.0. The Kier molecular flexibility index (Phi) is 7.63. The fourth-order valence-electron chi connectivity index (χ4n) is 4.42. The first-order valence-corrected chi connectivity index (χ1v) is 11.7. The van der Waals surface area contributed by atoms with Crippen molar-refractivity contribution < 1.29 is 32.0 Å². The normalized spacial score (nSPS) is 18.7. The number of hydrogen-bond acceptors (Lipinski definition) is 6. The Morgan fingerprint density at radius 2 is 1.94 bits per heavy atom. The van der Waals surface area contributed by atoms with Crippen LogP contribution in [0.5, 0.6) is 0 Å². The number of hydrogen-bond donors (Lipinski definition) is 0. The van der Waals surface area contributed by atoms with Gasteiger partial charge in [-0.25, -0.2) is 0 Å². The van der Waals surface area contributed by atoms with Crippen molar-refractivity contribution in [2.75, 3.05) is 50.8 Å². The van der Waals surface area contributed by atoms with Gasteiger partial charge >= 0.3 is 6.18 Å². The van der Waals surface area contributed by atoms with E-state index in [1.807, 2.05) is 4.90 Å². The highest BCUT2D eigenvalue weighted by molar-refractivity contribution is 5.92. The number of benzene rings is 1. The summed E-state index contributed by atoms with van der Waals surface area (Å²) in [6.45, 7) is 4.63. The third kappa shape index (κ3) is 6.33. The number of amides is 2. The van der Waals surface area contributed by atoms with E-state index < -0.39 is 11.7 Å². The van der Waals surface area contributed by atoms with Gasteiger partial charge in [-0.1, -0.05) is 11.2 Å². The van der Waals surface area contributed by atoms with Crippen LogP contribution in [0.2, 0.25) is 0 Å². The van der Waals surface area contributed by atoms with Crippen molar-refractivity contribution in [3.05, 3.63) is 47.3 Å². The van der Waals surface area contributed by atoms with Gasteiger partial charge in [-0.05, 0) is 38.0 Å². The zero-order valence-electron chi connectivity index (χ0n) is 19.6. The van der Waals surface area contributed by atoms with Crippen LogP contribution in [0.1, 0.15) is 41.1 Å². The van der Waals surface area contributed by atoms with Crippen LogP contribution in [0.25, 0.3) is 0 Å². The summed E-state index contributed by atoms with van der Waals surface area (Å²) in [4.78, 5) is 31.0. The number of nitrogens with zero attached hydrogens (tertiary/aromatic N) is 4. The maximum Gasteiger partial charge on any atom is 0.416 e. The smallest absolute Gasteiger partial charge is 0.376 e. The molecule has 2 amide bonds. The highest BCUT2D eigenvalue weighted by atomic mass is 19.4. The molecular weight excluding hydrogens is 465 g/mol. The third-order valence-corrected chi connectivity index (χ3v) is 6.35. The van der Waals surface area contributed by atoms with Gasteiger partial charge in [0.1, 0.15) is 5.76 Å². The Morgan fingerprint density at radius 1 is 1.17 bits per heavy atom. The average molecular weight is 495 g/mol. The average Bonchev–Trinajstić information content (AvgIpc) is 3.52. The summed E-state index contributed by atoms with van der Waals surface area (Å²) in [7, 11) is 0. The molecular formula is C24H29F3N4O4. The highest BCUT2D eigenvalue weighted by Gasteiger charge is 2.31. The van der Waals surface area contributed by atoms with Crippen molar-refractivity contribution in [2.45, 2.75) is 38.5 Å². The molecule has 3 heterocycles. The lowest BCUT2D eigenvalue weighted by atomic mass is 10.1. The number of rotatable bonds is 7. The van der Waals surface area contributed by atoms with Crippen LogP contribution in [0.15, 0.2) is 34.9 Å². The second kappa shape index (κ2) is 10.7. The van der Waals surface area contributed by atoms with Gasteiger partial charge in [0, 0.05) is 64.0 Å². The van der Waals surface area contributed by atoms with Gasteiger partial charge in [-0.3, -0.25) is 9.59 Å². The molecule has 190 valence electrons. The van der Waals surface area contributed by atoms with E-state index in [4.69, 9.17) is 9.26 Å². The van der Waals surface area contributed by atoms with E-state index in [9.17, 15) is 22.8 Å². The SMILES string of the molecule is Cc1cc(C(=O)N(CCC(=O)N2CCN(c3cccc(C(F)(F)F)c3)CC2)CC2CCCO2)no1. The van der Waals surface area contributed by atoms with Gasteiger partial charge in [0.25, 0.3) is 5.91 Å².